The number of thiazole rings is 1. The molecule has 0 radical (unpaired) electrons. The minimum absolute atomic E-state index is 0.0157. The maximum Gasteiger partial charge on any atom is 0.306 e. The molecule has 0 saturated carbocycles. The molecule has 3 aromatic rings. The molecule has 0 aliphatic heterocycles. The molecule has 0 N–H and O–H groups in total. The van der Waals surface area contributed by atoms with Crippen LogP contribution < -0.4 is 0 Å². The molecule has 0 aliphatic carbocycles. The van der Waals surface area contributed by atoms with Gasteiger partial charge in [-0.05, 0) is 17.7 Å². The number of para-hydroxylation sites is 1. The molecule has 0 aliphatic rings. The Morgan fingerprint density at radius 2 is 2.04 bits per heavy atom. The third kappa shape index (κ3) is 3.94. The molecule has 0 spiro atoms. The van der Waals surface area contributed by atoms with Crippen LogP contribution in [0.2, 0.25) is 0 Å². The lowest BCUT2D eigenvalue weighted by molar-refractivity contribution is -0.384. The normalized spacial score (nSPS) is 10.7. The lowest BCUT2D eigenvalue weighted by Crippen LogP contribution is -2.06. The fourth-order valence-corrected chi connectivity index (χ4v) is 3.20. The van der Waals surface area contributed by atoms with Gasteiger partial charge in [0.25, 0.3) is 5.69 Å². The van der Waals surface area contributed by atoms with Crippen molar-refractivity contribution in [2.75, 3.05) is 0 Å². The number of esters is 1. The van der Waals surface area contributed by atoms with Gasteiger partial charge in [-0.15, -0.1) is 11.3 Å². The SMILES string of the molecule is O=C(CCc1nc2ccccc2s1)OCc1cccc([N+](=O)[O-])c1. The van der Waals surface area contributed by atoms with Gasteiger partial charge >= 0.3 is 5.97 Å². The van der Waals surface area contributed by atoms with E-state index in [0.717, 1.165) is 15.2 Å². The van der Waals surface area contributed by atoms with E-state index >= 15 is 0 Å². The number of nitrogens with zero attached hydrogens (tertiary/aromatic N) is 2. The summed E-state index contributed by atoms with van der Waals surface area (Å²) < 4.78 is 6.27. The topological polar surface area (TPSA) is 82.3 Å². The van der Waals surface area contributed by atoms with Gasteiger partial charge in [-0.1, -0.05) is 24.3 Å². The standard InChI is InChI=1S/C17H14N2O4S/c20-17(23-11-12-4-3-5-13(10-12)19(21)22)9-8-16-18-14-6-1-2-7-15(14)24-16/h1-7,10H,8-9,11H2. The van der Waals surface area contributed by atoms with E-state index in [-0.39, 0.29) is 24.7 Å². The summed E-state index contributed by atoms with van der Waals surface area (Å²) >= 11 is 1.57. The summed E-state index contributed by atoms with van der Waals surface area (Å²) in [6, 6.07) is 13.9. The highest BCUT2D eigenvalue weighted by Gasteiger charge is 2.10. The molecule has 7 heteroatoms. The average molecular weight is 342 g/mol. The first kappa shape index (κ1) is 16.1. The summed E-state index contributed by atoms with van der Waals surface area (Å²) in [6.45, 7) is 0.0281. The summed E-state index contributed by atoms with van der Waals surface area (Å²) in [7, 11) is 0. The number of aryl methyl sites for hydroxylation is 1. The zero-order valence-electron chi connectivity index (χ0n) is 12.7. The fourth-order valence-electron chi connectivity index (χ4n) is 2.23. The van der Waals surface area contributed by atoms with E-state index in [1.807, 2.05) is 24.3 Å². The van der Waals surface area contributed by atoms with Crippen molar-refractivity contribution in [1.29, 1.82) is 0 Å². The number of hydrogen-bond donors (Lipinski definition) is 0. The number of nitro groups is 1. The van der Waals surface area contributed by atoms with Crippen molar-refractivity contribution >= 4 is 33.2 Å². The van der Waals surface area contributed by atoms with Gasteiger partial charge in [0, 0.05) is 18.6 Å². The van der Waals surface area contributed by atoms with Gasteiger partial charge in [0.15, 0.2) is 0 Å². The third-order valence-electron chi connectivity index (χ3n) is 3.40. The maximum atomic E-state index is 11.8. The number of non-ortho nitro benzene ring substituents is 1. The number of ether oxygens (including phenoxy) is 1. The van der Waals surface area contributed by atoms with Crippen molar-refractivity contribution in [3.63, 3.8) is 0 Å². The molecule has 0 amide bonds. The number of rotatable bonds is 6. The Labute approximate surface area is 141 Å². The van der Waals surface area contributed by atoms with E-state index in [0.29, 0.717) is 12.0 Å². The fraction of sp³-hybridized carbons (Fsp3) is 0.176. The van der Waals surface area contributed by atoms with Crippen LogP contribution in [0.3, 0.4) is 0 Å². The van der Waals surface area contributed by atoms with Gasteiger partial charge in [0.05, 0.1) is 26.6 Å². The minimum atomic E-state index is -0.474. The Kier molecular flexibility index (Phi) is 4.81. The van der Waals surface area contributed by atoms with E-state index in [9.17, 15) is 14.9 Å². The smallest absolute Gasteiger partial charge is 0.306 e. The van der Waals surface area contributed by atoms with Crippen LogP contribution >= 0.6 is 11.3 Å². The predicted molar refractivity (Wildman–Crippen MR) is 90.8 cm³/mol. The van der Waals surface area contributed by atoms with Crippen LogP contribution in [0.15, 0.2) is 48.5 Å². The Morgan fingerprint density at radius 1 is 1.21 bits per heavy atom. The third-order valence-corrected chi connectivity index (χ3v) is 4.50. The first-order valence-corrected chi connectivity index (χ1v) is 8.17. The highest BCUT2D eigenvalue weighted by molar-refractivity contribution is 7.18. The van der Waals surface area contributed by atoms with Crippen molar-refractivity contribution in [3.8, 4) is 0 Å². The van der Waals surface area contributed by atoms with Crippen molar-refractivity contribution in [3.05, 3.63) is 69.2 Å². The molecule has 122 valence electrons. The Balaban J connectivity index is 1.52. The van der Waals surface area contributed by atoms with Crippen molar-refractivity contribution < 1.29 is 14.5 Å². The number of fused-ring (bicyclic) bond motifs is 1. The highest BCUT2D eigenvalue weighted by Crippen LogP contribution is 2.22. The second-order valence-electron chi connectivity index (χ2n) is 5.16. The number of aromatic nitrogens is 1. The molecular formula is C17H14N2O4S. The van der Waals surface area contributed by atoms with Crippen LogP contribution in [0.1, 0.15) is 17.0 Å². The molecule has 0 atom stereocenters. The van der Waals surface area contributed by atoms with Crippen LogP contribution in [-0.4, -0.2) is 15.9 Å². The van der Waals surface area contributed by atoms with Crippen LogP contribution in [0.25, 0.3) is 10.2 Å². The van der Waals surface area contributed by atoms with Crippen molar-refractivity contribution in [2.24, 2.45) is 0 Å². The maximum absolute atomic E-state index is 11.8. The number of carbonyl (C=O) groups excluding carboxylic acids is 1. The van der Waals surface area contributed by atoms with Gasteiger partial charge in [-0.3, -0.25) is 14.9 Å². The van der Waals surface area contributed by atoms with Gasteiger partial charge in [0.2, 0.25) is 0 Å². The van der Waals surface area contributed by atoms with Crippen LogP contribution in [0.5, 0.6) is 0 Å². The second-order valence-corrected chi connectivity index (χ2v) is 6.28. The lowest BCUT2D eigenvalue weighted by atomic mass is 10.2. The zero-order chi connectivity index (χ0) is 16.9. The lowest BCUT2D eigenvalue weighted by Gasteiger charge is -2.04. The first-order valence-electron chi connectivity index (χ1n) is 7.35. The summed E-state index contributed by atoms with van der Waals surface area (Å²) in [5.41, 5.74) is 1.51. The summed E-state index contributed by atoms with van der Waals surface area (Å²) in [5, 5.41) is 11.6. The van der Waals surface area contributed by atoms with E-state index in [1.165, 1.54) is 12.1 Å². The van der Waals surface area contributed by atoms with Crippen LogP contribution in [0, 0.1) is 10.1 Å². The molecule has 3 rings (SSSR count). The van der Waals surface area contributed by atoms with E-state index < -0.39 is 4.92 Å². The van der Waals surface area contributed by atoms with Crippen molar-refractivity contribution in [1.82, 2.24) is 4.98 Å². The van der Waals surface area contributed by atoms with E-state index in [1.54, 1.807) is 23.5 Å². The summed E-state index contributed by atoms with van der Waals surface area (Å²) in [5.74, 6) is -0.347. The number of benzene rings is 2. The summed E-state index contributed by atoms with van der Waals surface area (Å²) in [6.07, 6.45) is 0.752. The molecule has 1 aromatic heterocycles. The molecule has 0 saturated heterocycles. The largest absolute Gasteiger partial charge is 0.461 e. The average Bonchev–Trinajstić information content (AvgIpc) is 3.01. The van der Waals surface area contributed by atoms with Gasteiger partial charge in [-0.25, -0.2) is 4.98 Å². The molecule has 1 heterocycles. The van der Waals surface area contributed by atoms with Crippen LogP contribution in [0.4, 0.5) is 5.69 Å². The minimum Gasteiger partial charge on any atom is -0.461 e. The predicted octanol–water partition coefficient (Wildman–Crippen LogP) is 3.88. The molecule has 6 nitrogen and oxygen atoms in total. The molecular weight excluding hydrogens is 328 g/mol. The molecule has 0 fully saturated rings. The second kappa shape index (κ2) is 7.18. The molecule has 0 bridgehead atoms. The number of hydrogen-bond acceptors (Lipinski definition) is 6. The van der Waals surface area contributed by atoms with Gasteiger partial charge < -0.3 is 4.74 Å². The highest BCUT2D eigenvalue weighted by atomic mass is 32.1. The monoisotopic (exact) mass is 342 g/mol. The van der Waals surface area contributed by atoms with Gasteiger partial charge in [-0.2, -0.15) is 0 Å². The molecule has 0 unspecified atom stereocenters. The van der Waals surface area contributed by atoms with Crippen molar-refractivity contribution in [2.45, 2.75) is 19.4 Å². The quantitative estimate of drug-likeness (QED) is 0.386. The number of nitro benzene ring substituents is 1. The van der Waals surface area contributed by atoms with E-state index in [4.69, 9.17) is 4.74 Å². The first-order chi connectivity index (χ1) is 11.6. The van der Waals surface area contributed by atoms with Crippen LogP contribution in [-0.2, 0) is 22.6 Å². The molecule has 2 aromatic carbocycles. The zero-order valence-corrected chi connectivity index (χ0v) is 13.5. The van der Waals surface area contributed by atoms with E-state index in [2.05, 4.69) is 4.98 Å². The summed E-state index contributed by atoms with van der Waals surface area (Å²) in [4.78, 5) is 26.6. The molecule has 24 heavy (non-hydrogen) atoms. The Morgan fingerprint density at radius 3 is 2.83 bits per heavy atom. The Hall–Kier alpha value is -2.80. The number of carbonyl (C=O) groups is 1. The Bertz CT molecular complexity index is 858. The van der Waals surface area contributed by atoms with Gasteiger partial charge in [0.1, 0.15) is 6.61 Å².